The fourth-order valence-corrected chi connectivity index (χ4v) is 1.87. The van der Waals surface area contributed by atoms with Crippen LogP contribution in [0.5, 0.6) is 0 Å². The van der Waals surface area contributed by atoms with Crippen molar-refractivity contribution in [3.05, 3.63) is 30.1 Å². The standard InChI is InChI=1S/C11H14FNO/c12-8-4-6-9(7-5-8)13-10-2-1-3-11(10)14/h4-7,10-11,13-14H,1-3H2/t10-,11-/m1/s1. The lowest BCUT2D eigenvalue weighted by Crippen LogP contribution is -2.27. The molecule has 1 aromatic rings. The van der Waals surface area contributed by atoms with Crippen LogP contribution in [0.25, 0.3) is 0 Å². The predicted octanol–water partition coefficient (Wildman–Crippen LogP) is 2.15. The Morgan fingerprint density at radius 2 is 1.93 bits per heavy atom. The number of nitrogens with one attached hydrogen (secondary N) is 1. The summed E-state index contributed by atoms with van der Waals surface area (Å²) in [5, 5.41) is 12.8. The smallest absolute Gasteiger partial charge is 0.123 e. The van der Waals surface area contributed by atoms with Gasteiger partial charge in [0.2, 0.25) is 0 Å². The molecule has 3 heteroatoms. The van der Waals surface area contributed by atoms with Crippen molar-refractivity contribution in [2.24, 2.45) is 0 Å². The monoisotopic (exact) mass is 195 g/mol. The quantitative estimate of drug-likeness (QED) is 0.757. The fraction of sp³-hybridized carbons (Fsp3) is 0.455. The normalized spacial score (nSPS) is 26.4. The lowest BCUT2D eigenvalue weighted by Gasteiger charge is -2.17. The van der Waals surface area contributed by atoms with Crippen molar-refractivity contribution in [2.45, 2.75) is 31.4 Å². The number of rotatable bonds is 2. The van der Waals surface area contributed by atoms with Crippen molar-refractivity contribution in [1.29, 1.82) is 0 Å². The third-order valence-corrected chi connectivity index (χ3v) is 2.68. The van der Waals surface area contributed by atoms with Gasteiger partial charge in [-0.3, -0.25) is 0 Å². The van der Waals surface area contributed by atoms with E-state index in [1.54, 1.807) is 12.1 Å². The number of aliphatic hydroxyl groups excluding tert-OH is 1. The van der Waals surface area contributed by atoms with E-state index in [2.05, 4.69) is 5.32 Å². The summed E-state index contributed by atoms with van der Waals surface area (Å²) < 4.78 is 12.6. The van der Waals surface area contributed by atoms with Crippen molar-refractivity contribution in [2.75, 3.05) is 5.32 Å². The van der Waals surface area contributed by atoms with Crippen LogP contribution in [0.15, 0.2) is 24.3 Å². The number of hydrogen-bond acceptors (Lipinski definition) is 2. The van der Waals surface area contributed by atoms with Crippen molar-refractivity contribution in [3.8, 4) is 0 Å². The van der Waals surface area contributed by atoms with E-state index in [1.807, 2.05) is 0 Å². The molecule has 0 saturated heterocycles. The third-order valence-electron chi connectivity index (χ3n) is 2.68. The van der Waals surface area contributed by atoms with Crippen molar-refractivity contribution in [1.82, 2.24) is 0 Å². The highest BCUT2D eigenvalue weighted by Gasteiger charge is 2.24. The second-order valence-electron chi connectivity index (χ2n) is 3.76. The number of benzene rings is 1. The Hall–Kier alpha value is -1.09. The molecule has 0 spiro atoms. The van der Waals surface area contributed by atoms with Crippen molar-refractivity contribution in [3.63, 3.8) is 0 Å². The highest BCUT2D eigenvalue weighted by molar-refractivity contribution is 5.44. The molecule has 2 atom stereocenters. The van der Waals surface area contributed by atoms with Gasteiger partial charge in [0.05, 0.1) is 12.1 Å². The average Bonchev–Trinajstić information content (AvgIpc) is 2.56. The van der Waals surface area contributed by atoms with Crippen LogP contribution in [0.1, 0.15) is 19.3 Å². The summed E-state index contributed by atoms with van der Waals surface area (Å²) in [4.78, 5) is 0. The summed E-state index contributed by atoms with van der Waals surface area (Å²) in [6.45, 7) is 0. The fourth-order valence-electron chi connectivity index (χ4n) is 1.87. The zero-order valence-corrected chi connectivity index (χ0v) is 7.91. The molecule has 2 N–H and O–H groups in total. The molecule has 1 saturated carbocycles. The number of anilines is 1. The van der Waals surface area contributed by atoms with Gasteiger partial charge in [0.15, 0.2) is 0 Å². The van der Waals surface area contributed by atoms with Gasteiger partial charge in [-0.1, -0.05) is 0 Å². The maximum atomic E-state index is 12.6. The second kappa shape index (κ2) is 3.96. The van der Waals surface area contributed by atoms with Gasteiger partial charge < -0.3 is 10.4 Å². The molecule has 76 valence electrons. The van der Waals surface area contributed by atoms with E-state index in [-0.39, 0.29) is 18.0 Å². The molecule has 0 amide bonds. The van der Waals surface area contributed by atoms with Crippen LogP contribution < -0.4 is 5.32 Å². The Labute approximate surface area is 82.8 Å². The third kappa shape index (κ3) is 2.04. The maximum absolute atomic E-state index is 12.6. The molecular weight excluding hydrogens is 181 g/mol. The van der Waals surface area contributed by atoms with E-state index >= 15 is 0 Å². The van der Waals surface area contributed by atoms with Gasteiger partial charge in [0.25, 0.3) is 0 Å². The Bertz CT molecular complexity index is 299. The Kier molecular flexibility index (Phi) is 2.68. The summed E-state index contributed by atoms with van der Waals surface area (Å²) in [7, 11) is 0. The lowest BCUT2D eigenvalue weighted by atomic mass is 10.2. The summed E-state index contributed by atoms with van der Waals surface area (Å²) in [6, 6.07) is 6.36. The molecular formula is C11H14FNO. The van der Waals surface area contributed by atoms with E-state index in [9.17, 15) is 9.50 Å². The van der Waals surface area contributed by atoms with Crippen LogP contribution in [-0.4, -0.2) is 17.3 Å². The van der Waals surface area contributed by atoms with Crippen molar-refractivity contribution >= 4 is 5.69 Å². The molecule has 0 aromatic heterocycles. The highest BCUT2D eigenvalue weighted by Crippen LogP contribution is 2.22. The lowest BCUT2D eigenvalue weighted by molar-refractivity contribution is 0.172. The predicted molar refractivity (Wildman–Crippen MR) is 53.7 cm³/mol. The molecule has 2 rings (SSSR count). The van der Waals surface area contributed by atoms with Gasteiger partial charge >= 0.3 is 0 Å². The molecule has 1 aliphatic carbocycles. The summed E-state index contributed by atoms with van der Waals surface area (Å²) in [5.74, 6) is -0.234. The molecule has 0 bridgehead atoms. The summed E-state index contributed by atoms with van der Waals surface area (Å²) in [6.07, 6.45) is 2.64. The van der Waals surface area contributed by atoms with Gasteiger partial charge in [-0.25, -0.2) is 4.39 Å². The number of halogens is 1. The van der Waals surface area contributed by atoms with E-state index < -0.39 is 0 Å². The highest BCUT2D eigenvalue weighted by atomic mass is 19.1. The van der Waals surface area contributed by atoms with Crippen LogP contribution in [0, 0.1) is 5.82 Å². The van der Waals surface area contributed by atoms with E-state index in [4.69, 9.17) is 0 Å². The first kappa shape index (κ1) is 9.46. The van der Waals surface area contributed by atoms with Crippen LogP contribution in [0.2, 0.25) is 0 Å². The molecule has 0 radical (unpaired) electrons. The largest absolute Gasteiger partial charge is 0.391 e. The van der Waals surface area contributed by atoms with Gasteiger partial charge in [0.1, 0.15) is 5.82 Å². The summed E-state index contributed by atoms with van der Waals surface area (Å²) >= 11 is 0. The average molecular weight is 195 g/mol. The SMILES string of the molecule is O[C@@H]1CCC[C@H]1Nc1ccc(F)cc1. The Morgan fingerprint density at radius 3 is 2.50 bits per heavy atom. The van der Waals surface area contributed by atoms with E-state index in [0.717, 1.165) is 24.9 Å². The maximum Gasteiger partial charge on any atom is 0.123 e. The van der Waals surface area contributed by atoms with E-state index in [1.165, 1.54) is 12.1 Å². The van der Waals surface area contributed by atoms with Gasteiger partial charge in [-0.2, -0.15) is 0 Å². The zero-order valence-electron chi connectivity index (χ0n) is 7.91. The number of hydrogen-bond donors (Lipinski definition) is 2. The Balaban J connectivity index is 2.00. The molecule has 0 aliphatic heterocycles. The zero-order chi connectivity index (χ0) is 9.97. The summed E-state index contributed by atoms with van der Waals surface area (Å²) in [5.41, 5.74) is 0.873. The first-order valence-corrected chi connectivity index (χ1v) is 4.96. The van der Waals surface area contributed by atoms with Crippen LogP contribution in [-0.2, 0) is 0 Å². The number of aliphatic hydroxyl groups is 1. The van der Waals surface area contributed by atoms with E-state index in [0.29, 0.717) is 0 Å². The topological polar surface area (TPSA) is 32.3 Å². The second-order valence-corrected chi connectivity index (χ2v) is 3.76. The molecule has 1 aromatic carbocycles. The molecule has 1 fully saturated rings. The van der Waals surface area contributed by atoms with Crippen molar-refractivity contribution < 1.29 is 9.50 Å². The molecule has 0 heterocycles. The minimum Gasteiger partial charge on any atom is -0.391 e. The van der Waals surface area contributed by atoms with Crippen LogP contribution >= 0.6 is 0 Å². The minimum absolute atomic E-state index is 0.125. The van der Waals surface area contributed by atoms with Crippen LogP contribution in [0.3, 0.4) is 0 Å². The molecule has 0 unspecified atom stereocenters. The Morgan fingerprint density at radius 1 is 1.21 bits per heavy atom. The van der Waals surface area contributed by atoms with Gasteiger partial charge in [0, 0.05) is 5.69 Å². The molecule has 2 nitrogen and oxygen atoms in total. The first-order chi connectivity index (χ1) is 6.75. The minimum atomic E-state index is -0.264. The molecule has 14 heavy (non-hydrogen) atoms. The first-order valence-electron chi connectivity index (χ1n) is 4.96. The van der Waals surface area contributed by atoms with Crippen LogP contribution in [0.4, 0.5) is 10.1 Å². The van der Waals surface area contributed by atoms with Gasteiger partial charge in [-0.15, -0.1) is 0 Å². The molecule has 1 aliphatic rings. The van der Waals surface area contributed by atoms with Gasteiger partial charge in [-0.05, 0) is 43.5 Å².